The van der Waals surface area contributed by atoms with Gasteiger partial charge in [-0.15, -0.1) is 0 Å². The molecule has 31 heavy (non-hydrogen) atoms. The summed E-state index contributed by atoms with van der Waals surface area (Å²) >= 11 is 0. The molecule has 0 heterocycles. The maximum absolute atomic E-state index is 12.6. The Hall–Kier alpha value is -2.92. The highest BCUT2D eigenvalue weighted by Gasteiger charge is 2.17. The lowest BCUT2D eigenvalue weighted by Crippen LogP contribution is -2.09. The van der Waals surface area contributed by atoms with Crippen LogP contribution in [0.4, 0.5) is 5.69 Å². The normalized spacial score (nSPS) is 12.1. The quantitative estimate of drug-likeness (QED) is 0.304. The number of benzene rings is 3. The van der Waals surface area contributed by atoms with Crippen LogP contribution in [0, 0.1) is 6.92 Å². The maximum atomic E-state index is 12.6. The minimum Gasteiger partial charge on any atom is -0.379 e. The van der Waals surface area contributed by atoms with Crippen molar-refractivity contribution in [3.05, 3.63) is 89.0 Å². The average Bonchev–Trinajstić information content (AvgIpc) is 2.72. The second kappa shape index (κ2) is 9.48. The van der Waals surface area contributed by atoms with Crippen molar-refractivity contribution in [3.8, 4) is 5.75 Å². The molecule has 0 fully saturated rings. The second-order valence-corrected chi connectivity index (χ2v) is 9.82. The molecule has 0 saturated heterocycles. The Bertz CT molecular complexity index is 1150. The van der Waals surface area contributed by atoms with Crippen LogP contribution in [0.1, 0.15) is 61.8 Å². The lowest BCUT2D eigenvalue weighted by atomic mass is 9.93. The molecule has 0 aliphatic carbocycles. The van der Waals surface area contributed by atoms with Crippen LogP contribution in [0.5, 0.6) is 5.75 Å². The highest BCUT2D eigenvalue weighted by atomic mass is 32.2. The molecule has 162 valence electrons. The van der Waals surface area contributed by atoms with Gasteiger partial charge in [-0.05, 0) is 59.7 Å². The SMILES string of the molecule is Cc1ccc(S(=O)(=O)Oc2cccc(C=Nc3c(C(C)C)cccc3C(C)C)c2)cc1. The van der Waals surface area contributed by atoms with Gasteiger partial charge in [0, 0.05) is 6.21 Å². The summed E-state index contributed by atoms with van der Waals surface area (Å²) in [5.41, 5.74) is 5.11. The zero-order valence-corrected chi connectivity index (χ0v) is 19.5. The molecular weight excluding hydrogens is 406 g/mol. The molecule has 0 atom stereocenters. The van der Waals surface area contributed by atoms with Crippen molar-refractivity contribution >= 4 is 22.0 Å². The largest absolute Gasteiger partial charge is 0.379 e. The highest BCUT2D eigenvalue weighted by molar-refractivity contribution is 7.87. The van der Waals surface area contributed by atoms with Crippen LogP contribution in [-0.4, -0.2) is 14.6 Å². The van der Waals surface area contributed by atoms with Crippen molar-refractivity contribution in [2.75, 3.05) is 0 Å². The number of aliphatic imine (C=N–C) groups is 1. The smallest absolute Gasteiger partial charge is 0.339 e. The minimum atomic E-state index is -3.89. The molecule has 0 aromatic heterocycles. The van der Waals surface area contributed by atoms with E-state index in [0.29, 0.717) is 11.8 Å². The molecule has 3 rings (SSSR count). The Balaban J connectivity index is 1.90. The molecule has 5 heteroatoms. The van der Waals surface area contributed by atoms with Crippen LogP contribution in [0.15, 0.2) is 76.6 Å². The van der Waals surface area contributed by atoms with Gasteiger partial charge in [-0.1, -0.05) is 75.7 Å². The summed E-state index contributed by atoms with van der Waals surface area (Å²) < 4.78 is 30.5. The number of para-hydroxylation sites is 1. The molecule has 0 aliphatic rings. The Labute approximate surface area is 185 Å². The van der Waals surface area contributed by atoms with Gasteiger partial charge in [0.2, 0.25) is 0 Å². The van der Waals surface area contributed by atoms with Crippen molar-refractivity contribution in [3.63, 3.8) is 0 Å². The van der Waals surface area contributed by atoms with E-state index < -0.39 is 10.1 Å². The molecular formula is C26H29NO3S. The van der Waals surface area contributed by atoms with Crippen LogP contribution >= 0.6 is 0 Å². The highest BCUT2D eigenvalue weighted by Crippen LogP contribution is 2.34. The standard InChI is InChI=1S/C26H29NO3S/c1-18(2)24-10-7-11-25(19(3)4)26(24)27-17-21-8-6-9-22(16-21)30-31(28,29)23-14-12-20(5)13-15-23/h6-19H,1-5H3. The third kappa shape index (κ3) is 5.61. The van der Waals surface area contributed by atoms with Crippen molar-refractivity contribution in [1.82, 2.24) is 0 Å². The van der Waals surface area contributed by atoms with Gasteiger partial charge in [0.15, 0.2) is 0 Å². The second-order valence-electron chi connectivity index (χ2n) is 8.28. The maximum Gasteiger partial charge on any atom is 0.339 e. The molecule has 3 aromatic rings. The van der Waals surface area contributed by atoms with Crippen LogP contribution in [-0.2, 0) is 10.1 Å². The number of nitrogens with zero attached hydrogens (tertiary/aromatic N) is 1. The van der Waals surface area contributed by atoms with Crippen LogP contribution in [0.3, 0.4) is 0 Å². The zero-order chi connectivity index (χ0) is 22.6. The first kappa shape index (κ1) is 22.8. The Morgan fingerprint density at radius 2 is 1.42 bits per heavy atom. The molecule has 0 saturated carbocycles. The van der Waals surface area contributed by atoms with Gasteiger partial charge < -0.3 is 4.18 Å². The Morgan fingerprint density at radius 1 is 0.839 bits per heavy atom. The summed E-state index contributed by atoms with van der Waals surface area (Å²) in [6, 6.07) is 19.8. The third-order valence-electron chi connectivity index (χ3n) is 5.06. The summed E-state index contributed by atoms with van der Waals surface area (Å²) in [5.74, 6) is 0.950. The first-order chi connectivity index (χ1) is 14.7. The van der Waals surface area contributed by atoms with Gasteiger partial charge in [0.1, 0.15) is 10.6 Å². The molecule has 0 spiro atoms. The van der Waals surface area contributed by atoms with E-state index in [0.717, 1.165) is 16.8 Å². The number of rotatable bonds is 7. The third-order valence-corrected chi connectivity index (χ3v) is 6.32. The first-order valence-electron chi connectivity index (χ1n) is 10.5. The van der Waals surface area contributed by atoms with Gasteiger partial charge in [0.05, 0.1) is 5.69 Å². The van der Waals surface area contributed by atoms with Gasteiger partial charge in [-0.3, -0.25) is 4.99 Å². The van der Waals surface area contributed by atoms with E-state index in [-0.39, 0.29) is 10.6 Å². The monoisotopic (exact) mass is 435 g/mol. The minimum absolute atomic E-state index is 0.129. The predicted molar refractivity (Wildman–Crippen MR) is 127 cm³/mol. The van der Waals surface area contributed by atoms with Crippen molar-refractivity contribution < 1.29 is 12.6 Å². The fourth-order valence-corrected chi connectivity index (χ4v) is 4.25. The van der Waals surface area contributed by atoms with Gasteiger partial charge in [-0.2, -0.15) is 8.42 Å². The van der Waals surface area contributed by atoms with Crippen molar-refractivity contribution in [1.29, 1.82) is 0 Å². The molecule has 4 nitrogen and oxygen atoms in total. The molecule has 0 N–H and O–H groups in total. The molecule has 3 aromatic carbocycles. The fraction of sp³-hybridized carbons (Fsp3) is 0.269. The van der Waals surface area contributed by atoms with Crippen LogP contribution in [0.25, 0.3) is 0 Å². The average molecular weight is 436 g/mol. The molecule has 0 radical (unpaired) electrons. The number of hydrogen-bond donors (Lipinski definition) is 0. The molecule has 0 aliphatic heterocycles. The first-order valence-corrected chi connectivity index (χ1v) is 11.9. The van der Waals surface area contributed by atoms with E-state index in [4.69, 9.17) is 9.18 Å². The number of aryl methyl sites for hydroxylation is 1. The Morgan fingerprint density at radius 3 is 2.00 bits per heavy atom. The van der Waals surface area contributed by atoms with E-state index in [1.807, 2.05) is 13.0 Å². The molecule has 0 bridgehead atoms. The number of hydrogen-bond acceptors (Lipinski definition) is 4. The van der Waals surface area contributed by atoms with Crippen LogP contribution < -0.4 is 4.18 Å². The van der Waals surface area contributed by atoms with E-state index in [1.165, 1.54) is 11.1 Å². The van der Waals surface area contributed by atoms with Crippen molar-refractivity contribution in [2.45, 2.75) is 51.3 Å². The summed E-state index contributed by atoms with van der Waals surface area (Å²) in [4.78, 5) is 4.92. The van der Waals surface area contributed by atoms with E-state index in [1.54, 1.807) is 48.7 Å². The van der Waals surface area contributed by atoms with E-state index in [9.17, 15) is 8.42 Å². The molecule has 0 unspecified atom stereocenters. The van der Waals surface area contributed by atoms with E-state index >= 15 is 0 Å². The summed E-state index contributed by atoms with van der Waals surface area (Å²) in [6.07, 6.45) is 1.76. The van der Waals surface area contributed by atoms with Gasteiger partial charge in [-0.25, -0.2) is 0 Å². The lowest BCUT2D eigenvalue weighted by molar-refractivity contribution is 0.486. The van der Waals surface area contributed by atoms with Crippen LogP contribution in [0.2, 0.25) is 0 Å². The topological polar surface area (TPSA) is 55.7 Å². The Kier molecular flexibility index (Phi) is 6.96. The summed E-state index contributed by atoms with van der Waals surface area (Å²) in [7, 11) is -3.89. The summed E-state index contributed by atoms with van der Waals surface area (Å²) in [5, 5.41) is 0. The van der Waals surface area contributed by atoms with Gasteiger partial charge >= 0.3 is 10.1 Å². The zero-order valence-electron chi connectivity index (χ0n) is 18.7. The molecule has 0 amide bonds. The summed E-state index contributed by atoms with van der Waals surface area (Å²) in [6.45, 7) is 10.5. The fourth-order valence-electron chi connectivity index (χ4n) is 3.33. The lowest BCUT2D eigenvalue weighted by Gasteiger charge is -2.16. The van der Waals surface area contributed by atoms with E-state index in [2.05, 4.69) is 45.9 Å². The van der Waals surface area contributed by atoms with Crippen molar-refractivity contribution in [2.24, 2.45) is 4.99 Å². The van der Waals surface area contributed by atoms with Gasteiger partial charge in [0.25, 0.3) is 0 Å². The predicted octanol–water partition coefficient (Wildman–Crippen LogP) is 6.76.